The highest BCUT2D eigenvalue weighted by atomic mass is 32.2. The second-order valence-corrected chi connectivity index (χ2v) is 6.88. The van der Waals surface area contributed by atoms with Crippen LogP contribution in [0.5, 0.6) is 0 Å². The normalized spacial score (nSPS) is 13.2. The van der Waals surface area contributed by atoms with Crippen LogP contribution in [0.1, 0.15) is 19.4 Å². The summed E-state index contributed by atoms with van der Waals surface area (Å²) >= 11 is 0. The third-order valence-electron chi connectivity index (χ3n) is 3.36. The monoisotopic (exact) mass is 313 g/mol. The van der Waals surface area contributed by atoms with Crippen LogP contribution in [0.25, 0.3) is 0 Å². The molecule has 1 rings (SSSR count). The van der Waals surface area contributed by atoms with Gasteiger partial charge in [-0.25, -0.2) is 13.6 Å². The van der Waals surface area contributed by atoms with E-state index in [1.807, 2.05) is 13.8 Å². The zero-order valence-electron chi connectivity index (χ0n) is 12.4. The minimum Gasteiger partial charge on any atom is -0.355 e. The molecule has 0 radical (unpaired) electrons. The van der Waals surface area contributed by atoms with Gasteiger partial charge in [-0.05, 0) is 30.0 Å². The summed E-state index contributed by atoms with van der Waals surface area (Å²) in [7, 11) is -3.66. The number of carbonyl (C=O) groups is 1. The summed E-state index contributed by atoms with van der Waals surface area (Å²) in [5.74, 6) is -0.0348. The maximum Gasteiger partial charge on any atom is 0.238 e. The van der Waals surface area contributed by atoms with Crippen molar-refractivity contribution in [2.75, 3.05) is 13.1 Å². The van der Waals surface area contributed by atoms with Crippen LogP contribution in [-0.2, 0) is 21.2 Å². The van der Waals surface area contributed by atoms with Crippen LogP contribution in [-0.4, -0.2) is 27.4 Å². The van der Waals surface area contributed by atoms with Crippen LogP contribution in [0.15, 0.2) is 29.2 Å². The van der Waals surface area contributed by atoms with Gasteiger partial charge in [0, 0.05) is 13.1 Å². The fraction of sp³-hybridized carbons (Fsp3) is 0.500. The van der Waals surface area contributed by atoms with Crippen LogP contribution in [0.2, 0.25) is 0 Å². The van der Waals surface area contributed by atoms with Gasteiger partial charge in [0.15, 0.2) is 0 Å². The number of sulfonamides is 1. The highest BCUT2D eigenvalue weighted by Crippen LogP contribution is 2.10. The van der Waals surface area contributed by atoms with Gasteiger partial charge >= 0.3 is 0 Å². The van der Waals surface area contributed by atoms with Gasteiger partial charge in [-0.1, -0.05) is 26.0 Å². The second kappa shape index (κ2) is 7.53. The molecule has 1 aromatic rings. The van der Waals surface area contributed by atoms with Gasteiger partial charge in [0.25, 0.3) is 0 Å². The lowest BCUT2D eigenvalue weighted by molar-refractivity contribution is -0.125. The smallest absolute Gasteiger partial charge is 0.238 e. The average Bonchev–Trinajstić information content (AvgIpc) is 2.38. The van der Waals surface area contributed by atoms with Crippen molar-refractivity contribution in [3.8, 4) is 0 Å². The van der Waals surface area contributed by atoms with E-state index in [4.69, 9.17) is 10.9 Å². The summed E-state index contributed by atoms with van der Waals surface area (Å²) in [6.45, 7) is 4.73. The molecule has 1 aromatic carbocycles. The van der Waals surface area contributed by atoms with E-state index in [2.05, 4.69) is 5.32 Å². The van der Waals surface area contributed by atoms with Gasteiger partial charge in [0.2, 0.25) is 15.9 Å². The number of nitrogens with two attached hydrogens (primary N) is 2. The molecule has 0 aliphatic carbocycles. The summed E-state index contributed by atoms with van der Waals surface area (Å²) < 4.78 is 22.3. The predicted molar refractivity (Wildman–Crippen MR) is 81.9 cm³/mol. The highest BCUT2D eigenvalue weighted by molar-refractivity contribution is 7.89. The molecule has 0 heterocycles. The molecule has 5 N–H and O–H groups in total. The lowest BCUT2D eigenvalue weighted by Crippen LogP contribution is -2.38. The number of amides is 1. The van der Waals surface area contributed by atoms with E-state index < -0.39 is 10.0 Å². The summed E-state index contributed by atoms with van der Waals surface area (Å²) in [5.41, 5.74) is 6.51. The fourth-order valence-electron chi connectivity index (χ4n) is 1.99. The summed E-state index contributed by atoms with van der Waals surface area (Å²) in [4.78, 5) is 12.0. The molecule has 6 nitrogen and oxygen atoms in total. The van der Waals surface area contributed by atoms with Crippen molar-refractivity contribution >= 4 is 15.9 Å². The Balaban J connectivity index is 2.51. The first-order valence-corrected chi connectivity index (χ1v) is 8.40. The fourth-order valence-corrected chi connectivity index (χ4v) is 2.50. The Hall–Kier alpha value is -1.44. The first-order valence-electron chi connectivity index (χ1n) is 6.85. The van der Waals surface area contributed by atoms with E-state index in [-0.39, 0.29) is 22.6 Å². The molecule has 0 aliphatic heterocycles. The van der Waals surface area contributed by atoms with Gasteiger partial charge < -0.3 is 11.1 Å². The Morgan fingerprint density at radius 1 is 1.24 bits per heavy atom. The lowest BCUT2D eigenvalue weighted by Gasteiger charge is -2.18. The SMILES string of the molecule is CC(C)C(CN)C(=O)NCCc1ccc(S(N)(=O)=O)cc1. The Kier molecular flexibility index (Phi) is 6.32. The molecule has 118 valence electrons. The first kappa shape index (κ1) is 17.6. The minimum absolute atomic E-state index is 0.0475. The number of nitrogens with one attached hydrogen (secondary N) is 1. The number of hydrogen-bond donors (Lipinski definition) is 3. The lowest BCUT2D eigenvalue weighted by atomic mass is 9.95. The first-order chi connectivity index (χ1) is 9.75. The van der Waals surface area contributed by atoms with Gasteiger partial charge in [-0.3, -0.25) is 4.79 Å². The number of carbonyl (C=O) groups excluding carboxylic acids is 1. The molecule has 1 atom stereocenters. The molecule has 7 heteroatoms. The molecule has 0 fully saturated rings. The average molecular weight is 313 g/mol. The van der Waals surface area contributed by atoms with Crippen LogP contribution >= 0.6 is 0 Å². The van der Waals surface area contributed by atoms with E-state index >= 15 is 0 Å². The molecule has 0 aliphatic rings. The molecule has 0 aromatic heterocycles. The zero-order chi connectivity index (χ0) is 16.0. The molecule has 0 saturated heterocycles. The topological polar surface area (TPSA) is 115 Å². The molecule has 0 spiro atoms. The van der Waals surface area contributed by atoms with E-state index in [0.717, 1.165) is 5.56 Å². The number of hydrogen-bond acceptors (Lipinski definition) is 4. The maximum absolute atomic E-state index is 11.9. The van der Waals surface area contributed by atoms with Crippen LogP contribution in [0, 0.1) is 11.8 Å². The molecule has 1 unspecified atom stereocenters. The Morgan fingerprint density at radius 2 is 1.81 bits per heavy atom. The predicted octanol–water partition coefficient (Wildman–Crippen LogP) is 0.224. The van der Waals surface area contributed by atoms with E-state index in [0.29, 0.717) is 19.5 Å². The highest BCUT2D eigenvalue weighted by Gasteiger charge is 2.19. The Bertz CT molecular complexity index is 568. The molecule has 21 heavy (non-hydrogen) atoms. The second-order valence-electron chi connectivity index (χ2n) is 5.32. The number of primary sulfonamides is 1. The van der Waals surface area contributed by atoms with Crippen molar-refractivity contribution in [3.63, 3.8) is 0 Å². The number of rotatable bonds is 7. The van der Waals surface area contributed by atoms with Gasteiger partial charge in [0.05, 0.1) is 10.8 Å². The Labute approximate surface area is 126 Å². The summed E-state index contributed by atoms with van der Waals surface area (Å²) in [5, 5.41) is 7.87. The third kappa shape index (κ3) is 5.45. The van der Waals surface area contributed by atoms with Gasteiger partial charge in [-0.2, -0.15) is 0 Å². The van der Waals surface area contributed by atoms with E-state index in [1.54, 1.807) is 12.1 Å². The van der Waals surface area contributed by atoms with Crippen molar-refractivity contribution in [1.29, 1.82) is 0 Å². The quantitative estimate of drug-likeness (QED) is 0.668. The van der Waals surface area contributed by atoms with Gasteiger partial charge in [-0.15, -0.1) is 0 Å². The van der Waals surface area contributed by atoms with Crippen molar-refractivity contribution in [2.24, 2.45) is 22.7 Å². The molecule has 0 bridgehead atoms. The van der Waals surface area contributed by atoms with Crippen LogP contribution in [0.3, 0.4) is 0 Å². The van der Waals surface area contributed by atoms with Crippen molar-refractivity contribution < 1.29 is 13.2 Å². The summed E-state index contributed by atoms with van der Waals surface area (Å²) in [6.07, 6.45) is 0.617. The van der Waals surface area contributed by atoms with Crippen molar-refractivity contribution in [2.45, 2.75) is 25.2 Å². The van der Waals surface area contributed by atoms with E-state index in [1.165, 1.54) is 12.1 Å². The van der Waals surface area contributed by atoms with Crippen LogP contribution in [0.4, 0.5) is 0 Å². The van der Waals surface area contributed by atoms with E-state index in [9.17, 15) is 13.2 Å². The largest absolute Gasteiger partial charge is 0.355 e. The molecule has 0 saturated carbocycles. The van der Waals surface area contributed by atoms with Crippen molar-refractivity contribution in [1.82, 2.24) is 5.32 Å². The van der Waals surface area contributed by atoms with Crippen molar-refractivity contribution in [3.05, 3.63) is 29.8 Å². The summed E-state index contributed by atoms with van der Waals surface area (Å²) in [6, 6.07) is 6.30. The van der Waals surface area contributed by atoms with Crippen LogP contribution < -0.4 is 16.2 Å². The third-order valence-corrected chi connectivity index (χ3v) is 4.29. The zero-order valence-corrected chi connectivity index (χ0v) is 13.2. The maximum atomic E-state index is 11.9. The van der Waals surface area contributed by atoms with Gasteiger partial charge in [0.1, 0.15) is 0 Å². The minimum atomic E-state index is -3.66. The molecular formula is C14H23N3O3S. The Morgan fingerprint density at radius 3 is 2.24 bits per heavy atom. The standard InChI is InChI=1S/C14H23N3O3S/c1-10(2)13(9-15)14(18)17-8-7-11-3-5-12(6-4-11)21(16,19)20/h3-6,10,13H,7-9,15H2,1-2H3,(H,17,18)(H2,16,19,20). The molecular weight excluding hydrogens is 290 g/mol. The number of benzene rings is 1. The molecule has 1 amide bonds.